The van der Waals surface area contributed by atoms with Gasteiger partial charge in [-0.2, -0.15) is 5.10 Å². The van der Waals surface area contributed by atoms with E-state index in [4.69, 9.17) is 0 Å². The van der Waals surface area contributed by atoms with Gasteiger partial charge in [-0.15, -0.1) is 0 Å². The second kappa shape index (κ2) is 3.84. The third kappa shape index (κ3) is 1.96. The molecular weight excluding hydrogens is 178 g/mol. The number of hydrazone groups is 1. The maximum absolute atomic E-state index is 9.35. The monoisotopic (exact) mass is 193 g/mol. The molecule has 0 spiro atoms. The molecule has 2 N–H and O–H groups in total. The maximum Gasteiger partial charge on any atom is 0.148 e. The van der Waals surface area contributed by atoms with Gasteiger partial charge >= 0.3 is 0 Å². The highest BCUT2D eigenvalue weighted by atomic mass is 16.3. The first-order chi connectivity index (χ1) is 6.75. The largest absolute Gasteiger partial charge is 0.393 e. The zero-order valence-electron chi connectivity index (χ0n) is 8.11. The van der Waals surface area contributed by atoms with Crippen LogP contribution in [0, 0.1) is 0 Å². The Morgan fingerprint density at radius 2 is 2.14 bits per heavy atom. The summed E-state index contributed by atoms with van der Waals surface area (Å²) in [5.74, 6) is 0.935. The third-order valence-electron chi connectivity index (χ3n) is 2.54. The lowest BCUT2D eigenvalue weighted by atomic mass is 10.1. The SMILES string of the molecule is C=C1C=CC(N2CCC(O)CC2)=NN1. The van der Waals surface area contributed by atoms with E-state index in [-0.39, 0.29) is 6.10 Å². The van der Waals surface area contributed by atoms with Gasteiger partial charge in [0, 0.05) is 18.8 Å². The molecule has 2 rings (SSSR count). The highest BCUT2D eigenvalue weighted by Gasteiger charge is 2.19. The fourth-order valence-corrected chi connectivity index (χ4v) is 1.65. The summed E-state index contributed by atoms with van der Waals surface area (Å²) in [5.41, 5.74) is 3.65. The van der Waals surface area contributed by atoms with Crippen LogP contribution in [0.4, 0.5) is 0 Å². The number of nitrogens with zero attached hydrogens (tertiary/aromatic N) is 2. The minimum atomic E-state index is -0.137. The van der Waals surface area contributed by atoms with E-state index in [1.54, 1.807) is 0 Å². The summed E-state index contributed by atoms with van der Waals surface area (Å²) in [4.78, 5) is 2.17. The van der Waals surface area contributed by atoms with E-state index in [2.05, 4.69) is 22.0 Å². The van der Waals surface area contributed by atoms with Gasteiger partial charge < -0.3 is 10.0 Å². The number of aliphatic hydroxyl groups excluding tert-OH is 1. The van der Waals surface area contributed by atoms with Crippen molar-refractivity contribution in [3.63, 3.8) is 0 Å². The number of hydrogen-bond acceptors (Lipinski definition) is 4. The fraction of sp³-hybridized carbons (Fsp3) is 0.500. The Balaban J connectivity index is 1.96. The standard InChI is InChI=1S/C10H15N3O/c1-8-2-3-10(12-11-8)13-6-4-9(14)5-7-13/h2-3,9,11,14H,1,4-7H2. The third-order valence-corrected chi connectivity index (χ3v) is 2.54. The number of nitrogens with one attached hydrogen (secondary N) is 1. The summed E-state index contributed by atoms with van der Waals surface area (Å²) < 4.78 is 0. The number of amidine groups is 1. The summed E-state index contributed by atoms with van der Waals surface area (Å²) in [6, 6.07) is 0. The van der Waals surface area contributed by atoms with Crippen molar-refractivity contribution in [3.8, 4) is 0 Å². The van der Waals surface area contributed by atoms with Crippen molar-refractivity contribution in [1.82, 2.24) is 10.3 Å². The lowest BCUT2D eigenvalue weighted by Crippen LogP contribution is -2.40. The topological polar surface area (TPSA) is 47.9 Å². The van der Waals surface area contributed by atoms with Gasteiger partial charge in [-0.1, -0.05) is 6.58 Å². The van der Waals surface area contributed by atoms with Gasteiger partial charge in [-0.05, 0) is 25.0 Å². The van der Waals surface area contributed by atoms with Gasteiger partial charge in [-0.25, -0.2) is 0 Å². The van der Waals surface area contributed by atoms with Crippen molar-refractivity contribution >= 4 is 5.84 Å². The van der Waals surface area contributed by atoms with Gasteiger partial charge in [0.15, 0.2) is 0 Å². The van der Waals surface area contributed by atoms with Gasteiger partial charge in [0.25, 0.3) is 0 Å². The van der Waals surface area contributed by atoms with Crippen molar-refractivity contribution in [2.75, 3.05) is 13.1 Å². The molecule has 0 aromatic rings. The number of allylic oxidation sites excluding steroid dienone is 1. The van der Waals surface area contributed by atoms with Gasteiger partial charge in [-0.3, -0.25) is 5.43 Å². The Kier molecular flexibility index (Phi) is 2.54. The molecule has 76 valence electrons. The first-order valence-electron chi connectivity index (χ1n) is 4.89. The Hall–Kier alpha value is -1.29. The van der Waals surface area contributed by atoms with Crippen LogP contribution in [0.2, 0.25) is 0 Å². The van der Waals surface area contributed by atoms with Gasteiger partial charge in [0.2, 0.25) is 0 Å². The normalized spacial score (nSPS) is 23.4. The van der Waals surface area contributed by atoms with Crippen LogP contribution in [-0.2, 0) is 0 Å². The molecule has 14 heavy (non-hydrogen) atoms. The van der Waals surface area contributed by atoms with Crippen molar-refractivity contribution in [2.24, 2.45) is 5.10 Å². The van der Waals surface area contributed by atoms with Gasteiger partial charge in [0.1, 0.15) is 5.84 Å². The van der Waals surface area contributed by atoms with Crippen LogP contribution < -0.4 is 5.43 Å². The summed E-state index contributed by atoms with van der Waals surface area (Å²) in [5, 5.41) is 13.5. The first kappa shape index (κ1) is 9.27. The second-order valence-corrected chi connectivity index (χ2v) is 3.66. The van der Waals surface area contributed by atoms with Crippen molar-refractivity contribution in [3.05, 3.63) is 24.4 Å². The molecule has 0 bridgehead atoms. The lowest BCUT2D eigenvalue weighted by Gasteiger charge is -2.31. The molecule has 2 aliphatic heterocycles. The Labute approximate surface area is 83.6 Å². The molecule has 0 aliphatic carbocycles. The molecule has 0 atom stereocenters. The van der Waals surface area contributed by atoms with E-state index in [0.717, 1.165) is 37.5 Å². The zero-order valence-corrected chi connectivity index (χ0v) is 8.11. The number of rotatable bonds is 0. The van der Waals surface area contributed by atoms with E-state index in [1.165, 1.54) is 0 Å². The number of likely N-dealkylation sites (tertiary alicyclic amines) is 1. The van der Waals surface area contributed by atoms with Gasteiger partial charge in [0.05, 0.1) is 6.10 Å². The predicted octanol–water partition coefficient (Wildman–Crippen LogP) is 0.430. The van der Waals surface area contributed by atoms with Crippen molar-refractivity contribution in [1.29, 1.82) is 0 Å². The molecule has 0 amide bonds. The molecule has 2 heterocycles. The number of piperidine rings is 1. The van der Waals surface area contributed by atoms with Crippen LogP contribution >= 0.6 is 0 Å². The first-order valence-corrected chi connectivity index (χ1v) is 4.89. The minimum absolute atomic E-state index is 0.137. The summed E-state index contributed by atoms with van der Waals surface area (Å²) in [6.45, 7) is 5.49. The van der Waals surface area contributed by atoms with Crippen LogP contribution in [0.15, 0.2) is 29.5 Å². The average molecular weight is 193 g/mol. The summed E-state index contributed by atoms with van der Waals surface area (Å²) in [6.07, 6.45) is 5.38. The second-order valence-electron chi connectivity index (χ2n) is 3.66. The Morgan fingerprint density at radius 1 is 1.43 bits per heavy atom. The number of hydrogen-bond donors (Lipinski definition) is 2. The van der Waals surface area contributed by atoms with E-state index >= 15 is 0 Å². The minimum Gasteiger partial charge on any atom is -0.393 e. The van der Waals surface area contributed by atoms with E-state index < -0.39 is 0 Å². The molecule has 0 aromatic heterocycles. The van der Waals surface area contributed by atoms with Crippen molar-refractivity contribution < 1.29 is 5.11 Å². The molecule has 0 saturated carbocycles. The van der Waals surface area contributed by atoms with Crippen molar-refractivity contribution in [2.45, 2.75) is 18.9 Å². The molecule has 1 saturated heterocycles. The van der Waals surface area contributed by atoms with E-state index in [9.17, 15) is 5.11 Å². The van der Waals surface area contributed by atoms with Crippen LogP contribution in [-0.4, -0.2) is 35.0 Å². The molecule has 2 aliphatic rings. The molecular formula is C10H15N3O. The summed E-state index contributed by atoms with van der Waals surface area (Å²) >= 11 is 0. The predicted molar refractivity (Wildman–Crippen MR) is 55.7 cm³/mol. The smallest absolute Gasteiger partial charge is 0.148 e. The molecule has 4 nitrogen and oxygen atoms in total. The lowest BCUT2D eigenvalue weighted by molar-refractivity contribution is 0.109. The Bertz CT molecular complexity index is 288. The van der Waals surface area contributed by atoms with Crippen LogP contribution in [0.3, 0.4) is 0 Å². The van der Waals surface area contributed by atoms with Crippen LogP contribution in [0.25, 0.3) is 0 Å². The molecule has 0 unspecified atom stereocenters. The molecule has 1 fully saturated rings. The highest BCUT2D eigenvalue weighted by Crippen LogP contribution is 2.12. The highest BCUT2D eigenvalue weighted by molar-refractivity contribution is 5.94. The van der Waals surface area contributed by atoms with Crippen LogP contribution in [0.5, 0.6) is 0 Å². The molecule has 0 radical (unpaired) electrons. The molecule has 4 heteroatoms. The maximum atomic E-state index is 9.35. The average Bonchev–Trinajstić information content (AvgIpc) is 2.21. The van der Waals surface area contributed by atoms with E-state index in [0.29, 0.717) is 0 Å². The fourth-order valence-electron chi connectivity index (χ4n) is 1.65. The quantitative estimate of drug-likeness (QED) is 0.586. The van der Waals surface area contributed by atoms with E-state index in [1.807, 2.05) is 12.2 Å². The number of aliphatic hydroxyl groups is 1. The summed E-state index contributed by atoms with van der Waals surface area (Å²) in [7, 11) is 0. The molecule has 0 aromatic carbocycles. The Morgan fingerprint density at radius 3 is 2.71 bits per heavy atom. The van der Waals surface area contributed by atoms with Crippen LogP contribution in [0.1, 0.15) is 12.8 Å². The zero-order chi connectivity index (χ0) is 9.97.